The van der Waals surface area contributed by atoms with Gasteiger partial charge in [0.25, 0.3) is 0 Å². The van der Waals surface area contributed by atoms with E-state index in [0.29, 0.717) is 10.9 Å². The van der Waals surface area contributed by atoms with Crippen LogP contribution in [0.1, 0.15) is 29.2 Å². The van der Waals surface area contributed by atoms with Crippen LogP contribution in [-0.2, 0) is 6.42 Å². The molecule has 0 aliphatic carbocycles. The van der Waals surface area contributed by atoms with Crippen molar-refractivity contribution in [2.75, 3.05) is 0 Å². The van der Waals surface area contributed by atoms with Crippen molar-refractivity contribution in [3.63, 3.8) is 0 Å². The quantitative estimate of drug-likeness (QED) is 0.582. The van der Waals surface area contributed by atoms with Crippen LogP contribution in [0.25, 0.3) is 10.8 Å². The zero-order valence-electron chi connectivity index (χ0n) is 13.0. The Labute approximate surface area is 139 Å². The average Bonchev–Trinajstić information content (AvgIpc) is 2.61. The van der Waals surface area contributed by atoms with Gasteiger partial charge in [0.05, 0.1) is 11.1 Å². The van der Waals surface area contributed by atoms with Crippen LogP contribution in [0.4, 0.5) is 8.78 Å². The predicted octanol–water partition coefficient (Wildman–Crippen LogP) is 4.95. The topological polar surface area (TPSA) is 23.8 Å². The molecule has 0 bridgehead atoms. The van der Waals surface area contributed by atoms with Crippen LogP contribution in [0.5, 0.6) is 0 Å². The lowest BCUT2D eigenvalue weighted by Crippen LogP contribution is -1.89. The summed E-state index contributed by atoms with van der Waals surface area (Å²) in [7, 11) is 0. The van der Waals surface area contributed by atoms with Crippen molar-refractivity contribution >= 4 is 10.8 Å². The van der Waals surface area contributed by atoms with E-state index in [-0.39, 0.29) is 16.9 Å². The van der Waals surface area contributed by atoms with Gasteiger partial charge in [0.15, 0.2) is 0 Å². The Hall–Kier alpha value is -3.17. The molecule has 0 aliphatic heterocycles. The molecular weight excluding hydrogens is 304 g/mol. The Kier molecular flexibility index (Phi) is 4.27. The summed E-state index contributed by atoms with van der Waals surface area (Å²) >= 11 is 0. The smallest absolute Gasteiger partial charge is 0.146 e. The van der Waals surface area contributed by atoms with Gasteiger partial charge in [-0.2, -0.15) is 5.26 Å². The van der Waals surface area contributed by atoms with Crippen molar-refractivity contribution in [1.29, 1.82) is 5.26 Å². The number of hydrogen-bond acceptors (Lipinski definition) is 1. The van der Waals surface area contributed by atoms with Crippen molar-refractivity contribution in [3.05, 3.63) is 82.4 Å². The van der Waals surface area contributed by atoms with Gasteiger partial charge in [-0.15, -0.1) is 0 Å². The number of nitrogens with zero attached hydrogens (tertiary/aromatic N) is 1. The molecule has 0 saturated heterocycles. The summed E-state index contributed by atoms with van der Waals surface area (Å²) in [6.07, 6.45) is 0.892. The number of rotatable bonds is 1. The van der Waals surface area contributed by atoms with Crippen LogP contribution in [0.2, 0.25) is 0 Å². The van der Waals surface area contributed by atoms with Crippen molar-refractivity contribution < 1.29 is 8.78 Å². The fraction of sp³-hybridized carbons (Fsp3) is 0.0952. The first-order chi connectivity index (χ1) is 11.6. The number of fused-ring (bicyclic) bond motifs is 1. The molecule has 0 radical (unpaired) electrons. The summed E-state index contributed by atoms with van der Waals surface area (Å²) in [6, 6.07) is 14.9. The van der Waals surface area contributed by atoms with Gasteiger partial charge >= 0.3 is 0 Å². The number of hydrogen-bond donors (Lipinski definition) is 0. The summed E-state index contributed by atoms with van der Waals surface area (Å²) in [4.78, 5) is 0. The maximum atomic E-state index is 14.6. The second-order valence-electron chi connectivity index (χ2n) is 5.39. The van der Waals surface area contributed by atoms with Gasteiger partial charge in [-0.25, -0.2) is 8.78 Å². The Morgan fingerprint density at radius 3 is 2.42 bits per heavy atom. The summed E-state index contributed by atoms with van der Waals surface area (Å²) in [5.41, 5.74) is 1.77. The Bertz CT molecular complexity index is 1030. The minimum absolute atomic E-state index is 0.0378. The van der Waals surface area contributed by atoms with Gasteiger partial charge in [-0.1, -0.05) is 43.0 Å². The molecule has 116 valence electrons. The van der Waals surface area contributed by atoms with Crippen LogP contribution in [0, 0.1) is 34.8 Å². The second-order valence-corrected chi connectivity index (χ2v) is 5.39. The molecule has 0 saturated carbocycles. The van der Waals surface area contributed by atoms with E-state index < -0.39 is 5.82 Å². The van der Waals surface area contributed by atoms with E-state index in [1.165, 1.54) is 12.1 Å². The highest BCUT2D eigenvalue weighted by atomic mass is 19.1. The maximum Gasteiger partial charge on any atom is 0.146 e. The molecule has 0 atom stereocenters. The number of benzene rings is 3. The van der Waals surface area contributed by atoms with E-state index in [1.807, 2.05) is 25.1 Å². The minimum Gasteiger partial charge on any atom is -0.206 e. The summed E-state index contributed by atoms with van der Waals surface area (Å²) in [5.74, 6) is 4.47. The summed E-state index contributed by atoms with van der Waals surface area (Å²) in [5, 5.41) is 10.1. The monoisotopic (exact) mass is 317 g/mol. The van der Waals surface area contributed by atoms with Crippen molar-refractivity contribution in [1.82, 2.24) is 0 Å². The van der Waals surface area contributed by atoms with Crippen LogP contribution in [0.15, 0.2) is 48.5 Å². The lowest BCUT2D eigenvalue weighted by Gasteiger charge is -2.04. The Morgan fingerprint density at radius 1 is 0.917 bits per heavy atom. The number of aryl methyl sites for hydroxylation is 1. The first-order valence-corrected chi connectivity index (χ1v) is 7.55. The molecule has 3 aromatic rings. The van der Waals surface area contributed by atoms with Gasteiger partial charge < -0.3 is 0 Å². The third-order valence-electron chi connectivity index (χ3n) is 3.86. The van der Waals surface area contributed by atoms with E-state index in [0.717, 1.165) is 17.4 Å². The second kappa shape index (κ2) is 6.52. The highest BCUT2D eigenvalue weighted by Gasteiger charge is 2.06. The highest BCUT2D eigenvalue weighted by Crippen LogP contribution is 2.22. The van der Waals surface area contributed by atoms with Crippen LogP contribution in [-0.4, -0.2) is 0 Å². The molecule has 0 aromatic heterocycles. The molecule has 0 N–H and O–H groups in total. The molecule has 3 aromatic carbocycles. The van der Waals surface area contributed by atoms with Crippen LogP contribution < -0.4 is 0 Å². The number of nitriles is 1. The lowest BCUT2D eigenvalue weighted by molar-refractivity contribution is 0.623. The fourth-order valence-electron chi connectivity index (χ4n) is 2.48. The highest BCUT2D eigenvalue weighted by molar-refractivity contribution is 5.85. The van der Waals surface area contributed by atoms with E-state index in [1.54, 1.807) is 24.3 Å². The Balaban J connectivity index is 2.01. The van der Waals surface area contributed by atoms with Crippen LogP contribution >= 0.6 is 0 Å². The molecule has 0 heterocycles. The molecule has 24 heavy (non-hydrogen) atoms. The standard InChI is InChI=1S/C21H13F2N/c1-2-14-5-10-19-17(11-14)9-8-16(21(19)23)6-3-15-4-7-18(13-24)20(22)12-15/h4-5,7-12H,2H2,1H3. The molecule has 0 aliphatic rings. The molecule has 0 spiro atoms. The van der Waals surface area contributed by atoms with Crippen LogP contribution in [0.3, 0.4) is 0 Å². The normalized spacial score (nSPS) is 10.1. The maximum absolute atomic E-state index is 14.6. The summed E-state index contributed by atoms with van der Waals surface area (Å²) < 4.78 is 28.2. The van der Waals surface area contributed by atoms with Crippen molar-refractivity contribution in [2.45, 2.75) is 13.3 Å². The van der Waals surface area contributed by atoms with E-state index in [4.69, 9.17) is 5.26 Å². The molecule has 0 unspecified atom stereocenters. The average molecular weight is 317 g/mol. The van der Waals surface area contributed by atoms with E-state index >= 15 is 0 Å². The molecule has 0 amide bonds. The summed E-state index contributed by atoms with van der Waals surface area (Å²) in [6.45, 7) is 2.05. The molecule has 3 heteroatoms. The van der Waals surface area contributed by atoms with E-state index in [2.05, 4.69) is 11.8 Å². The largest absolute Gasteiger partial charge is 0.206 e. The predicted molar refractivity (Wildman–Crippen MR) is 90.4 cm³/mol. The minimum atomic E-state index is -0.629. The van der Waals surface area contributed by atoms with E-state index in [9.17, 15) is 8.78 Å². The van der Waals surface area contributed by atoms with Gasteiger partial charge in [0.2, 0.25) is 0 Å². The zero-order chi connectivity index (χ0) is 17.1. The first-order valence-electron chi connectivity index (χ1n) is 7.55. The third kappa shape index (κ3) is 2.98. The Morgan fingerprint density at radius 2 is 1.71 bits per heavy atom. The van der Waals surface area contributed by atoms with Gasteiger partial charge in [-0.3, -0.25) is 0 Å². The molecular formula is C21H13F2N. The lowest BCUT2D eigenvalue weighted by atomic mass is 10.0. The van der Waals surface area contributed by atoms with Crippen molar-refractivity contribution in [3.8, 4) is 17.9 Å². The SMILES string of the molecule is CCc1ccc2c(F)c(C#Cc3ccc(C#N)c(F)c3)ccc2c1. The number of halogens is 2. The zero-order valence-corrected chi connectivity index (χ0v) is 13.0. The van der Waals surface area contributed by atoms with Gasteiger partial charge in [-0.05, 0) is 41.6 Å². The fourth-order valence-corrected chi connectivity index (χ4v) is 2.48. The molecule has 0 fully saturated rings. The molecule has 3 rings (SSSR count). The first kappa shape index (κ1) is 15.7. The molecule has 1 nitrogen and oxygen atoms in total. The van der Waals surface area contributed by atoms with Gasteiger partial charge in [0, 0.05) is 10.9 Å². The third-order valence-corrected chi connectivity index (χ3v) is 3.86. The van der Waals surface area contributed by atoms with Gasteiger partial charge in [0.1, 0.15) is 17.7 Å². The van der Waals surface area contributed by atoms with Crippen molar-refractivity contribution in [2.24, 2.45) is 0 Å².